The number of aryl methyl sites for hydroxylation is 1. The molecule has 3 N–H and O–H groups in total. The zero-order chi connectivity index (χ0) is 21.3. The van der Waals surface area contributed by atoms with E-state index >= 15 is 0 Å². The van der Waals surface area contributed by atoms with Gasteiger partial charge in [0.05, 0.1) is 5.60 Å². The van der Waals surface area contributed by atoms with Gasteiger partial charge in [-0.1, -0.05) is 35.4 Å². The smallest absolute Gasteiger partial charge is 0.322 e. The Balaban J connectivity index is 1.64. The molecular formula is C24H31N3O3. The first-order chi connectivity index (χ1) is 14.2. The Bertz CT molecular complexity index is 968. The number of benzene rings is 1. The maximum absolute atomic E-state index is 12.8. The number of piperidine rings is 1. The monoisotopic (exact) mass is 409 g/mol. The Labute approximate surface area is 177 Å². The van der Waals surface area contributed by atoms with Gasteiger partial charge >= 0.3 is 6.03 Å². The van der Waals surface area contributed by atoms with E-state index in [1.54, 1.807) is 0 Å². The lowest BCUT2D eigenvalue weighted by Crippen LogP contribution is -2.76. The number of allylic oxidation sites excluding steroid dienone is 1. The van der Waals surface area contributed by atoms with Gasteiger partial charge in [-0.3, -0.25) is 15.0 Å². The molecule has 2 aliphatic heterocycles. The molecule has 0 aromatic heterocycles. The molecule has 6 nitrogen and oxygen atoms in total. The maximum atomic E-state index is 12.8. The quantitative estimate of drug-likeness (QED) is 0.517. The Hall–Kier alpha value is -2.18. The van der Waals surface area contributed by atoms with E-state index in [4.69, 9.17) is 0 Å². The van der Waals surface area contributed by atoms with Gasteiger partial charge in [-0.15, -0.1) is 0 Å². The molecule has 1 saturated carbocycles. The Morgan fingerprint density at radius 2 is 2.07 bits per heavy atom. The molecular weight excluding hydrogens is 378 g/mol. The highest BCUT2D eigenvalue weighted by molar-refractivity contribution is 6.07. The van der Waals surface area contributed by atoms with Crippen LogP contribution in [0, 0.1) is 6.92 Å². The van der Waals surface area contributed by atoms with Gasteiger partial charge < -0.3 is 10.4 Å². The lowest BCUT2D eigenvalue weighted by molar-refractivity contribution is -0.178. The summed E-state index contributed by atoms with van der Waals surface area (Å²) >= 11 is 0. The van der Waals surface area contributed by atoms with Crippen molar-refractivity contribution in [2.75, 3.05) is 13.1 Å². The number of fused-ring (bicyclic) bond motifs is 1. The average molecular weight is 410 g/mol. The van der Waals surface area contributed by atoms with E-state index < -0.39 is 22.6 Å². The van der Waals surface area contributed by atoms with Crippen molar-refractivity contribution in [1.29, 1.82) is 0 Å². The zero-order valence-electron chi connectivity index (χ0n) is 18.0. The number of likely N-dealkylation sites (tertiary alicyclic amines) is 1. The summed E-state index contributed by atoms with van der Waals surface area (Å²) in [6.45, 7) is 7.99. The van der Waals surface area contributed by atoms with Gasteiger partial charge in [0, 0.05) is 18.0 Å². The third-order valence-electron chi connectivity index (χ3n) is 8.13. The number of rotatable bonds is 2. The third-order valence-corrected chi connectivity index (χ3v) is 8.13. The van der Waals surface area contributed by atoms with Crippen molar-refractivity contribution in [3.63, 3.8) is 0 Å². The molecule has 160 valence electrons. The molecule has 6 heteroatoms. The van der Waals surface area contributed by atoms with Gasteiger partial charge in [0.2, 0.25) is 0 Å². The van der Waals surface area contributed by atoms with Crippen molar-refractivity contribution < 1.29 is 14.7 Å². The molecule has 5 rings (SSSR count). The van der Waals surface area contributed by atoms with Crippen LogP contribution in [-0.4, -0.2) is 52.2 Å². The highest BCUT2D eigenvalue weighted by atomic mass is 16.3. The van der Waals surface area contributed by atoms with Crippen LogP contribution in [0.25, 0.3) is 0 Å². The minimum absolute atomic E-state index is 0.00886. The summed E-state index contributed by atoms with van der Waals surface area (Å²) in [7, 11) is 0. The molecule has 2 bridgehead atoms. The van der Waals surface area contributed by atoms with E-state index in [1.165, 1.54) is 16.7 Å². The second-order valence-corrected chi connectivity index (χ2v) is 10.1. The molecule has 2 heterocycles. The number of urea groups is 1. The summed E-state index contributed by atoms with van der Waals surface area (Å²) in [5.41, 5.74) is 2.50. The predicted octanol–water partition coefficient (Wildman–Crippen LogP) is 2.32. The summed E-state index contributed by atoms with van der Waals surface area (Å²) in [6.07, 6.45) is 5.25. The van der Waals surface area contributed by atoms with Gasteiger partial charge in [-0.05, 0) is 70.5 Å². The molecule has 3 fully saturated rings. The SMILES string of the molecule is CC(C)=CCN1CC[C@]23C[C@]4(CC[C@@]2(O)[C@H]1Cc1ccc(C)cc13)NC(=O)NC4=O. The molecule has 1 aromatic carbocycles. The van der Waals surface area contributed by atoms with E-state index in [0.717, 1.165) is 31.5 Å². The van der Waals surface area contributed by atoms with E-state index in [9.17, 15) is 14.7 Å². The number of carbonyl (C=O) groups is 2. The van der Waals surface area contributed by atoms with Crippen LogP contribution in [0.4, 0.5) is 4.79 Å². The molecule has 0 unspecified atom stereocenters. The van der Waals surface area contributed by atoms with E-state index in [0.29, 0.717) is 19.3 Å². The van der Waals surface area contributed by atoms with Crippen LogP contribution in [0.3, 0.4) is 0 Å². The standard InChI is InChI=1S/C24H31N3O3/c1-15(2)6-10-27-11-9-22-14-23(20(28)25-21(29)26-23)7-8-24(22,30)19(27)13-17-5-4-16(3)12-18(17)22/h4-6,12,19,30H,7-11,13-14H2,1-3H3,(H2,25,26,28,29)/t19-,22-,23+,24-/m1/s1. The van der Waals surface area contributed by atoms with Crippen LogP contribution in [0.2, 0.25) is 0 Å². The summed E-state index contributed by atoms with van der Waals surface area (Å²) in [5, 5.41) is 17.7. The fourth-order valence-corrected chi connectivity index (χ4v) is 6.61. The second-order valence-electron chi connectivity index (χ2n) is 10.1. The fourth-order valence-electron chi connectivity index (χ4n) is 6.61. The third kappa shape index (κ3) is 2.56. The van der Waals surface area contributed by atoms with Crippen LogP contribution in [0.5, 0.6) is 0 Å². The molecule has 0 radical (unpaired) electrons. The van der Waals surface area contributed by atoms with Crippen LogP contribution < -0.4 is 10.6 Å². The first-order valence-electron chi connectivity index (χ1n) is 11.0. The van der Waals surface area contributed by atoms with Crippen LogP contribution >= 0.6 is 0 Å². The summed E-state index contributed by atoms with van der Waals surface area (Å²) in [6, 6.07) is 6.13. The number of nitrogens with zero attached hydrogens (tertiary/aromatic N) is 1. The number of aliphatic hydroxyl groups is 1. The largest absolute Gasteiger partial charge is 0.387 e. The molecule has 4 atom stereocenters. The van der Waals surface area contributed by atoms with E-state index in [1.807, 2.05) is 0 Å². The van der Waals surface area contributed by atoms with E-state index in [2.05, 4.69) is 60.6 Å². The average Bonchev–Trinajstić information content (AvgIpc) is 2.95. The van der Waals surface area contributed by atoms with Gasteiger partial charge in [0.25, 0.3) is 5.91 Å². The summed E-state index contributed by atoms with van der Waals surface area (Å²) in [4.78, 5) is 27.3. The van der Waals surface area contributed by atoms with Gasteiger partial charge in [0.1, 0.15) is 5.54 Å². The molecule has 1 spiro atoms. The molecule has 3 amide bonds. The lowest BCUT2D eigenvalue weighted by atomic mass is 9.46. The van der Waals surface area contributed by atoms with Gasteiger partial charge in [0.15, 0.2) is 0 Å². The Morgan fingerprint density at radius 3 is 2.77 bits per heavy atom. The Kier molecular flexibility index (Phi) is 4.22. The highest BCUT2D eigenvalue weighted by Crippen LogP contribution is 2.60. The molecule has 30 heavy (non-hydrogen) atoms. The maximum Gasteiger partial charge on any atom is 0.322 e. The van der Waals surface area contributed by atoms with Crippen molar-refractivity contribution in [3.05, 3.63) is 46.5 Å². The molecule has 2 saturated heterocycles. The minimum Gasteiger partial charge on any atom is -0.387 e. The highest BCUT2D eigenvalue weighted by Gasteiger charge is 2.69. The number of amides is 3. The van der Waals surface area contributed by atoms with Crippen LogP contribution in [0.1, 0.15) is 56.2 Å². The number of hydrogen-bond acceptors (Lipinski definition) is 4. The topological polar surface area (TPSA) is 81.7 Å². The van der Waals surface area contributed by atoms with Crippen LogP contribution in [0.15, 0.2) is 29.8 Å². The first kappa shape index (κ1) is 19.8. The van der Waals surface area contributed by atoms with Crippen LogP contribution in [-0.2, 0) is 16.6 Å². The number of nitrogens with one attached hydrogen (secondary N) is 2. The van der Waals surface area contributed by atoms with Crippen molar-refractivity contribution in [1.82, 2.24) is 15.5 Å². The lowest BCUT2D eigenvalue weighted by Gasteiger charge is -2.65. The van der Waals surface area contributed by atoms with Crippen molar-refractivity contribution in [2.45, 2.75) is 75.5 Å². The second kappa shape index (κ2) is 6.41. The van der Waals surface area contributed by atoms with Gasteiger partial charge in [-0.2, -0.15) is 0 Å². The molecule has 2 aliphatic carbocycles. The fraction of sp³-hybridized carbons (Fsp3) is 0.583. The Morgan fingerprint density at radius 1 is 1.27 bits per heavy atom. The minimum atomic E-state index is -0.922. The summed E-state index contributed by atoms with van der Waals surface area (Å²) < 4.78 is 0. The van der Waals surface area contributed by atoms with Crippen molar-refractivity contribution in [3.8, 4) is 0 Å². The zero-order valence-corrected chi connectivity index (χ0v) is 18.0. The molecule has 4 aliphatic rings. The van der Waals surface area contributed by atoms with Crippen molar-refractivity contribution >= 4 is 11.9 Å². The number of hydrogen-bond donors (Lipinski definition) is 3. The number of imide groups is 1. The van der Waals surface area contributed by atoms with E-state index in [-0.39, 0.29) is 11.9 Å². The summed E-state index contributed by atoms with van der Waals surface area (Å²) in [5.74, 6) is -0.243. The normalized spacial score (nSPS) is 37.3. The molecule has 1 aromatic rings. The van der Waals surface area contributed by atoms with Crippen molar-refractivity contribution in [2.24, 2.45) is 0 Å². The number of carbonyl (C=O) groups excluding carboxylic acids is 2. The van der Waals surface area contributed by atoms with Gasteiger partial charge in [-0.25, -0.2) is 4.79 Å². The predicted molar refractivity (Wildman–Crippen MR) is 114 cm³/mol. The first-order valence-corrected chi connectivity index (χ1v) is 11.0.